The lowest BCUT2D eigenvalue weighted by Crippen LogP contribution is -2.42. The second-order valence-electron chi connectivity index (χ2n) is 4.39. The third-order valence-corrected chi connectivity index (χ3v) is 2.97. The van der Waals surface area contributed by atoms with Crippen LogP contribution in [0.4, 0.5) is 0 Å². The van der Waals surface area contributed by atoms with E-state index in [2.05, 4.69) is 16.8 Å². The maximum Gasteiger partial charge on any atom is 0.191 e. The third-order valence-electron chi connectivity index (χ3n) is 2.97. The molecule has 1 heterocycles. The molecule has 2 N–H and O–H groups in total. The minimum atomic E-state index is 0.555. The van der Waals surface area contributed by atoms with Crippen molar-refractivity contribution in [3.05, 3.63) is 0 Å². The zero-order chi connectivity index (χ0) is 9.26. The molecule has 1 saturated heterocycles. The number of aliphatic imine (C=N–C) groups is 1. The summed E-state index contributed by atoms with van der Waals surface area (Å²) >= 11 is 0. The Morgan fingerprint density at radius 1 is 1.23 bits per heavy atom. The van der Waals surface area contributed by atoms with Gasteiger partial charge in [-0.25, -0.2) is 4.99 Å². The third kappa shape index (κ3) is 2.36. The molecule has 0 aromatic rings. The first kappa shape index (κ1) is 8.85. The van der Waals surface area contributed by atoms with Crippen LogP contribution < -0.4 is 5.73 Å². The predicted octanol–water partition coefficient (Wildman–Crippen LogP) is 1.20. The van der Waals surface area contributed by atoms with Gasteiger partial charge in [0.05, 0.1) is 6.04 Å². The van der Waals surface area contributed by atoms with Gasteiger partial charge in [0.15, 0.2) is 5.96 Å². The fourth-order valence-corrected chi connectivity index (χ4v) is 1.71. The van der Waals surface area contributed by atoms with Gasteiger partial charge in [-0.1, -0.05) is 6.92 Å². The van der Waals surface area contributed by atoms with Crippen LogP contribution >= 0.6 is 0 Å². The highest BCUT2D eigenvalue weighted by molar-refractivity contribution is 5.78. The summed E-state index contributed by atoms with van der Waals surface area (Å²) in [6.45, 7) is 4.51. The quantitative estimate of drug-likeness (QED) is 0.488. The molecule has 3 heteroatoms. The van der Waals surface area contributed by atoms with Crippen LogP contribution in [0.15, 0.2) is 4.99 Å². The fourth-order valence-electron chi connectivity index (χ4n) is 1.71. The molecule has 0 atom stereocenters. The Morgan fingerprint density at radius 2 is 1.85 bits per heavy atom. The highest BCUT2D eigenvalue weighted by Crippen LogP contribution is 2.24. The van der Waals surface area contributed by atoms with Crippen LogP contribution in [0.3, 0.4) is 0 Å². The van der Waals surface area contributed by atoms with Gasteiger partial charge in [-0.3, -0.25) is 0 Å². The van der Waals surface area contributed by atoms with Gasteiger partial charge < -0.3 is 10.6 Å². The molecular formula is C10H19N3. The number of nitrogens with zero attached hydrogens (tertiary/aromatic N) is 2. The number of likely N-dealkylation sites (tertiary alicyclic amines) is 1. The second-order valence-corrected chi connectivity index (χ2v) is 4.39. The van der Waals surface area contributed by atoms with Crippen molar-refractivity contribution in [1.82, 2.24) is 4.90 Å². The molecule has 0 aromatic carbocycles. The molecule has 1 aliphatic heterocycles. The first-order valence-corrected chi connectivity index (χ1v) is 5.34. The fraction of sp³-hybridized carbons (Fsp3) is 0.900. The van der Waals surface area contributed by atoms with E-state index in [1.54, 1.807) is 0 Å². The van der Waals surface area contributed by atoms with Crippen molar-refractivity contribution in [1.29, 1.82) is 0 Å². The van der Waals surface area contributed by atoms with E-state index in [1.807, 2.05) is 0 Å². The van der Waals surface area contributed by atoms with Crippen molar-refractivity contribution < 1.29 is 0 Å². The van der Waals surface area contributed by atoms with Crippen LogP contribution in [0.5, 0.6) is 0 Å². The minimum Gasteiger partial charge on any atom is -0.370 e. The van der Waals surface area contributed by atoms with Crippen LogP contribution in [0, 0.1) is 5.92 Å². The summed E-state index contributed by atoms with van der Waals surface area (Å²) in [5.74, 6) is 1.65. The van der Waals surface area contributed by atoms with Gasteiger partial charge >= 0.3 is 0 Å². The van der Waals surface area contributed by atoms with E-state index in [9.17, 15) is 0 Å². The predicted molar refractivity (Wildman–Crippen MR) is 54.6 cm³/mol. The van der Waals surface area contributed by atoms with E-state index in [0.717, 1.165) is 25.0 Å². The van der Waals surface area contributed by atoms with Gasteiger partial charge in [0.1, 0.15) is 0 Å². The summed E-state index contributed by atoms with van der Waals surface area (Å²) in [5, 5.41) is 0. The highest BCUT2D eigenvalue weighted by Gasteiger charge is 2.23. The van der Waals surface area contributed by atoms with Gasteiger partial charge in [0, 0.05) is 13.1 Å². The van der Waals surface area contributed by atoms with Crippen LogP contribution in [-0.4, -0.2) is 30.0 Å². The van der Waals surface area contributed by atoms with E-state index in [0.29, 0.717) is 6.04 Å². The second kappa shape index (κ2) is 3.56. The SMILES string of the molecule is CC1CCN(C(N)=NC2CC2)CC1. The molecule has 2 aliphatic rings. The van der Waals surface area contributed by atoms with Gasteiger partial charge in [-0.2, -0.15) is 0 Å². The summed E-state index contributed by atoms with van der Waals surface area (Å²) in [6.07, 6.45) is 5.01. The topological polar surface area (TPSA) is 41.6 Å². The lowest BCUT2D eigenvalue weighted by atomic mass is 10.00. The molecule has 74 valence electrons. The zero-order valence-electron chi connectivity index (χ0n) is 8.37. The Balaban J connectivity index is 1.85. The first-order chi connectivity index (χ1) is 6.25. The number of hydrogen-bond donors (Lipinski definition) is 1. The van der Waals surface area contributed by atoms with Crippen molar-refractivity contribution in [3.63, 3.8) is 0 Å². The number of hydrogen-bond acceptors (Lipinski definition) is 1. The molecular weight excluding hydrogens is 162 g/mol. The molecule has 1 aliphatic carbocycles. The van der Waals surface area contributed by atoms with E-state index in [-0.39, 0.29) is 0 Å². The van der Waals surface area contributed by atoms with Crippen molar-refractivity contribution in [2.24, 2.45) is 16.6 Å². The maximum absolute atomic E-state index is 5.91. The summed E-state index contributed by atoms with van der Waals surface area (Å²) in [5.41, 5.74) is 5.91. The maximum atomic E-state index is 5.91. The Hall–Kier alpha value is -0.730. The molecule has 0 unspecified atom stereocenters. The van der Waals surface area contributed by atoms with Gasteiger partial charge in [0.2, 0.25) is 0 Å². The molecule has 0 aromatic heterocycles. The lowest BCUT2D eigenvalue weighted by molar-refractivity contribution is 0.277. The van der Waals surface area contributed by atoms with Crippen LogP contribution in [0.1, 0.15) is 32.6 Å². The van der Waals surface area contributed by atoms with Gasteiger partial charge in [-0.15, -0.1) is 0 Å². The van der Waals surface area contributed by atoms with Crippen molar-refractivity contribution in [2.75, 3.05) is 13.1 Å². The Kier molecular flexibility index (Phi) is 2.42. The molecule has 0 radical (unpaired) electrons. The molecule has 2 rings (SSSR count). The first-order valence-electron chi connectivity index (χ1n) is 5.34. The molecule has 1 saturated carbocycles. The minimum absolute atomic E-state index is 0.555. The molecule has 13 heavy (non-hydrogen) atoms. The Bertz CT molecular complexity index is 200. The Morgan fingerprint density at radius 3 is 2.38 bits per heavy atom. The standard InChI is InChI=1S/C10H19N3/c1-8-4-6-13(7-5-8)10(11)12-9-2-3-9/h8-9H,2-7H2,1H3,(H2,11,12). The average molecular weight is 181 g/mol. The van der Waals surface area contributed by atoms with Crippen LogP contribution in [0.25, 0.3) is 0 Å². The number of nitrogens with two attached hydrogens (primary N) is 1. The van der Waals surface area contributed by atoms with Crippen LogP contribution in [0.2, 0.25) is 0 Å². The Labute approximate surface area is 80.0 Å². The monoisotopic (exact) mass is 181 g/mol. The van der Waals surface area contributed by atoms with E-state index in [4.69, 9.17) is 5.73 Å². The summed E-state index contributed by atoms with van der Waals surface area (Å²) < 4.78 is 0. The largest absolute Gasteiger partial charge is 0.370 e. The number of rotatable bonds is 1. The number of piperidine rings is 1. The number of guanidine groups is 1. The van der Waals surface area contributed by atoms with Crippen molar-refractivity contribution >= 4 is 5.96 Å². The molecule has 0 amide bonds. The zero-order valence-corrected chi connectivity index (χ0v) is 8.37. The normalized spacial score (nSPS) is 26.5. The van der Waals surface area contributed by atoms with Gasteiger partial charge in [0.25, 0.3) is 0 Å². The smallest absolute Gasteiger partial charge is 0.191 e. The summed E-state index contributed by atoms with van der Waals surface area (Å²) in [7, 11) is 0. The molecule has 2 fully saturated rings. The highest BCUT2D eigenvalue weighted by atomic mass is 15.3. The van der Waals surface area contributed by atoms with Crippen molar-refractivity contribution in [3.8, 4) is 0 Å². The average Bonchev–Trinajstić information content (AvgIpc) is 2.89. The van der Waals surface area contributed by atoms with Crippen molar-refractivity contribution in [2.45, 2.75) is 38.6 Å². The van der Waals surface area contributed by atoms with Gasteiger partial charge in [-0.05, 0) is 31.6 Å². The van der Waals surface area contributed by atoms with E-state index in [1.165, 1.54) is 25.7 Å². The lowest BCUT2D eigenvalue weighted by Gasteiger charge is -2.31. The van der Waals surface area contributed by atoms with E-state index < -0.39 is 0 Å². The summed E-state index contributed by atoms with van der Waals surface area (Å²) in [6, 6.07) is 0.555. The summed E-state index contributed by atoms with van der Waals surface area (Å²) in [4.78, 5) is 6.69. The van der Waals surface area contributed by atoms with Crippen LogP contribution in [-0.2, 0) is 0 Å². The molecule has 0 bridgehead atoms. The molecule has 3 nitrogen and oxygen atoms in total. The van der Waals surface area contributed by atoms with E-state index >= 15 is 0 Å². The molecule has 0 spiro atoms.